The maximum Gasteiger partial charge on any atom is 0.471 e. The molecule has 0 aliphatic heterocycles. The molecule has 126 valence electrons. The third-order valence-electron chi connectivity index (χ3n) is 3.94. The molecule has 0 heterocycles. The lowest BCUT2D eigenvalue weighted by atomic mass is 10.0. The van der Waals surface area contributed by atoms with Crippen molar-refractivity contribution in [3.05, 3.63) is 29.8 Å². The summed E-state index contributed by atoms with van der Waals surface area (Å²) in [5.41, 5.74) is 0.864. The number of benzene rings is 1. The van der Waals surface area contributed by atoms with Crippen molar-refractivity contribution < 1.29 is 22.8 Å². The maximum absolute atomic E-state index is 12.2. The smallest absolute Gasteiger partial charge is 0.344 e. The molecule has 1 fully saturated rings. The summed E-state index contributed by atoms with van der Waals surface area (Å²) in [7, 11) is 0. The van der Waals surface area contributed by atoms with Gasteiger partial charge >= 0.3 is 12.1 Å². The number of nitrogens with one attached hydrogen (secondary N) is 2. The minimum absolute atomic E-state index is 0.147. The first kappa shape index (κ1) is 17.3. The molecule has 0 radical (unpaired) electrons. The first-order valence-corrected chi connectivity index (χ1v) is 7.59. The highest BCUT2D eigenvalue weighted by Crippen LogP contribution is 2.28. The van der Waals surface area contributed by atoms with Gasteiger partial charge in [0, 0.05) is 18.7 Å². The van der Waals surface area contributed by atoms with E-state index in [4.69, 9.17) is 0 Å². The fourth-order valence-corrected chi connectivity index (χ4v) is 2.75. The van der Waals surface area contributed by atoms with Crippen LogP contribution in [0.5, 0.6) is 0 Å². The van der Waals surface area contributed by atoms with Crippen molar-refractivity contribution in [2.75, 3.05) is 5.32 Å². The van der Waals surface area contributed by atoms with E-state index < -0.39 is 12.1 Å². The van der Waals surface area contributed by atoms with Gasteiger partial charge in [0.05, 0.1) is 0 Å². The average Bonchev–Trinajstić information content (AvgIpc) is 2.97. The summed E-state index contributed by atoms with van der Waals surface area (Å²) in [6, 6.07) is 6.51. The van der Waals surface area contributed by atoms with E-state index in [9.17, 15) is 22.8 Å². The largest absolute Gasteiger partial charge is 0.471 e. The van der Waals surface area contributed by atoms with E-state index in [0.29, 0.717) is 23.6 Å². The van der Waals surface area contributed by atoms with E-state index in [-0.39, 0.29) is 12.5 Å². The number of hydrogen-bond donors (Lipinski definition) is 2. The molecule has 1 aliphatic carbocycles. The Morgan fingerprint density at radius 1 is 1.13 bits per heavy atom. The van der Waals surface area contributed by atoms with E-state index in [1.165, 1.54) is 0 Å². The molecule has 7 heteroatoms. The Balaban J connectivity index is 1.94. The van der Waals surface area contributed by atoms with Crippen LogP contribution in [0.2, 0.25) is 0 Å². The van der Waals surface area contributed by atoms with E-state index in [0.717, 1.165) is 25.7 Å². The van der Waals surface area contributed by atoms with Gasteiger partial charge in [0.15, 0.2) is 0 Å². The minimum Gasteiger partial charge on any atom is -0.344 e. The highest BCUT2D eigenvalue weighted by atomic mass is 19.4. The maximum atomic E-state index is 12.2. The number of hydrogen-bond acceptors (Lipinski definition) is 2. The molecule has 4 nitrogen and oxygen atoms in total. The summed E-state index contributed by atoms with van der Waals surface area (Å²) < 4.78 is 36.6. The zero-order valence-corrected chi connectivity index (χ0v) is 12.6. The zero-order chi connectivity index (χ0) is 16.9. The number of halogens is 3. The van der Waals surface area contributed by atoms with Crippen LogP contribution in [0.3, 0.4) is 0 Å². The molecule has 0 spiro atoms. The van der Waals surface area contributed by atoms with Gasteiger partial charge in [0.25, 0.3) is 0 Å². The first-order valence-electron chi connectivity index (χ1n) is 7.59. The van der Waals surface area contributed by atoms with Crippen molar-refractivity contribution in [1.82, 2.24) is 5.32 Å². The van der Waals surface area contributed by atoms with Crippen LogP contribution >= 0.6 is 0 Å². The summed E-state index contributed by atoms with van der Waals surface area (Å²) in [5, 5.41) is 4.54. The average molecular weight is 328 g/mol. The number of rotatable bonds is 5. The van der Waals surface area contributed by atoms with Gasteiger partial charge in [-0.3, -0.25) is 9.59 Å². The summed E-state index contributed by atoms with van der Waals surface area (Å²) in [4.78, 5) is 22.9. The van der Waals surface area contributed by atoms with Gasteiger partial charge in [-0.05, 0) is 30.4 Å². The molecule has 0 saturated heterocycles. The summed E-state index contributed by atoms with van der Waals surface area (Å²) in [6.45, 7) is -0.293. The number of para-hydroxylation sites is 1. The molecular formula is C16H19F3N2O2. The van der Waals surface area contributed by atoms with Gasteiger partial charge < -0.3 is 10.6 Å². The molecule has 0 atom stereocenters. The fourth-order valence-electron chi connectivity index (χ4n) is 2.75. The summed E-state index contributed by atoms with van der Waals surface area (Å²) in [6.07, 6.45) is -0.145. The highest BCUT2D eigenvalue weighted by molar-refractivity contribution is 5.91. The van der Waals surface area contributed by atoms with Gasteiger partial charge in [0.1, 0.15) is 0 Å². The standard InChI is InChI=1S/C16H19F3N2O2/c17-16(18,19)15(23)20-10-12-7-3-4-8-13(12)21-14(22)9-11-5-1-2-6-11/h3-4,7-8,11H,1-2,5-6,9-10H2,(H,20,23)(H,21,22). The Morgan fingerprint density at radius 2 is 1.78 bits per heavy atom. The molecule has 2 N–H and O–H groups in total. The zero-order valence-electron chi connectivity index (χ0n) is 12.6. The predicted octanol–water partition coefficient (Wildman–Crippen LogP) is 3.38. The molecule has 2 amide bonds. The Labute approximate surface area is 132 Å². The summed E-state index contributed by atoms with van der Waals surface area (Å²) in [5.74, 6) is -1.76. The van der Waals surface area contributed by atoms with Gasteiger partial charge in [-0.15, -0.1) is 0 Å². The predicted molar refractivity (Wildman–Crippen MR) is 79.5 cm³/mol. The Bertz CT molecular complexity index is 567. The molecule has 0 unspecified atom stereocenters. The number of amides is 2. The second-order valence-corrected chi connectivity index (χ2v) is 5.74. The van der Waals surface area contributed by atoms with Crippen LogP contribution in [-0.2, 0) is 16.1 Å². The SMILES string of the molecule is O=C(CC1CCCC1)Nc1ccccc1CNC(=O)C(F)(F)F. The highest BCUT2D eigenvalue weighted by Gasteiger charge is 2.38. The number of alkyl halides is 3. The van der Waals surface area contributed by atoms with Crippen molar-refractivity contribution in [2.45, 2.75) is 44.8 Å². The van der Waals surface area contributed by atoms with Crippen molar-refractivity contribution in [3.8, 4) is 0 Å². The van der Waals surface area contributed by atoms with E-state index in [1.54, 1.807) is 24.3 Å². The molecular weight excluding hydrogens is 309 g/mol. The third-order valence-corrected chi connectivity index (χ3v) is 3.94. The lowest BCUT2D eigenvalue weighted by Gasteiger charge is -2.14. The van der Waals surface area contributed by atoms with E-state index in [2.05, 4.69) is 5.32 Å². The van der Waals surface area contributed by atoms with Crippen molar-refractivity contribution in [1.29, 1.82) is 0 Å². The molecule has 0 aromatic heterocycles. The second-order valence-electron chi connectivity index (χ2n) is 5.74. The van der Waals surface area contributed by atoms with Crippen LogP contribution in [0.25, 0.3) is 0 Å². The number of anilines is 1. The molecule has 1 aliphatic rings. The molecule has 0 bridgehead atoms. The number of carbonyl (C=O) groups excluding carboxylic acids is 2. The van der Waals surface area contributed by atoms with Crippen LogP contribution in [0.1, 0.15) is 37.7 Å². The second kappa shape index (κ2) is 7.48. The van der Waals surface area contributed by atoms with Gasteiger partial charge in [-0.1, -0.05) is 31.0 Å². The lowest BCUT2D eigenvalue weighted by Crippen LogP contribution is -2.36. The number of carbonyl (C=O) groups is 2. The van der Waals surface area contributed by atoms with Crippen molar-refractivity contribution in [3.63, 3.8) is 0 Å². The van der Waals surface area contributed by atoms with E-state index in [1.807, 2.05) is 5.32 Å². The lowest BCUT2D eigenvalue weighted by molar-refractivity contribution is -0.173. The van der Waals surface area contributed by atoms with Crippen molar-refractivity contribution >= 4 is 17.5 Å². The summed E-state index contributed by atoms with van der Waals surface area (Å²) >= 11 is 0. The normalized spacial score (nSPS) is 15.4. The van der Waals surface area contributed by atoms with E-state index >= 15 is 0 Å². The van der Waals surface area contributed by atoms with Crippen LogP contribution in [0.15, 0.2) is 24.3 Å². The third kappa shape index (κ3) is 5.26. The Morgan fingerprint density at radius 3 is 2.43 bits per heavy atom. The molecule has 1 aromatic rings. The van der Waals surface area contributed by atoms with Gasteiger partial charge in [-0.2, -0.15) is 13.2 Å². The molecule has 1 saturated carbocycles. The van der Waals surface area contributed by atoms with Gasteiger partial charge in [-0.25, -0.2) is 0 Å². The minimum atomic E-state index is -4.92. The Kier molecular flexibility index (Phi) is 5.63. The quantitative estimate of drug-likeness (QED) is 0.870. The topological polar surface area (TPSA) is 58.2 Å². The molecule has 1 aromatic carbocycles. The molecule has 2 rings (SSSR count). The first-order chi connectivity index (χ1) is 10.9. The van der Waals surface area contributed by atoms with Gasteiger partial charge in [0.2, 0.25) is 5.91 Å². The molecule has 23 heavy (non-hydrogen) atoms. The monoisotopic (exact) mass is 328 g/mol. The van der Waals surface area contributed by atoms with Crippen LogP contribution in [-0.4, -0.2) is 18.0 Å². The van der Waals surface area contributed by atoms with Crippen LogP contribution in [0.4, 0.5) is 18.9 Å². The fraction of sp³-hybridized carbons (Fsp3) is 0.500. The van der Waals surface area contributed by atoms with Crippen LogP contribution in [0, 0.1) is 5.92 Å². The van der Waals surface area contributed by atoms with Crippen LogP contribution < -0.4 is 10.6 Å². The van der Waals surface area contributed by atoms with Crippen molar-refractivity contribution in [2.24, 2.45) is 5.92 Å². The Hall–Kier alpha value is -2.05.